The molecule has 4 heterocycles. The van der Waals surface area contributed by atoms with Crippen molar-refractivity contribution in [2.75, 3.05) is 5.32 Å². The van der Waals surface area contributed by atoms with Gasteiger partial charge < -0.3 is 15.2 Å². The molecule has 0 bridgehead atoms. The molecule has 0 spiro atoms. The summed E-state index contributed by atoms with van der Waals surface area (Å²) < 4.78 is 31.8. The number of hydrogen-bond acceptors (Lipinski definition) is 6. The summed E-state index contributed by atoms with van der Waals surface area (Å²) in [5.74, 6) is 0.290. The molecule has 176 valence electrons. The third kappa shape index (κ3) is 4.00. The summed E-state index contributed by atoms with van der Waals surface area (Å²) in [4.78, 5) is 17.5. The average Bonchev–Trinajstić information content (AvgIpc) is 3.11. The zero-order valence-corrected chi connectivity index (χ0v) is 19.9. The lowest BCUT2D eigenvalue weighted by Gasteiger charge is -2.24. The Balaban J connectivity index is 1.54. The van der Waals surface area contributed by atoms with Crippen molar-refractivity contribution < 1.29 is 8.78 Å². The molecular weight excluding hydrogens is 436 g/mol. The zero-order valence-electron chi connectivity index (χ0n) is 19.9. The number of benzene rings is 1. The predicted octanol–water partition coefficient (Wildman–Crippen LogP) is 5.01. The van der Waals surface area contributed by atoms with Gasteiger partial charge in [-0.15, -0.1) is 0 Å². The zero-order chi connectivity index (χ0) is 24.2. The van der Waals surface area contributed by atoms with E-state index in [0.29, 0.717) is 28.8 Å². The molecule has 2 N–H and O–H groups in total. The smallest absolute Gasteiger partial charge is 0.229 e. The maximum Gasteiger partial charge on any atom is 0.229 e. The van der Waals surface area contributed by atoms with Crippen molar-refractivity contribution in [3.8, 4) is 11.3 Å². The Morgan fingerprint density at radius 1 is 1.09 bits per heavy atom. The van der Waals surface area contributed by atoms with Gasteiger partial charge in [0.15, 0.2) is 11.6 Å². The number of halogens is 2. The number of anilines is 2. The third-order valence-electron chi connectivity index (χ3n) is 6.02. The minimum Gasteiger partial charge on any atom is -0.323 e. The minimum atomic E-state index is -0.638. The highest BCUT2D eigenvalue weighted by Crippen LogP contribution is 2.32. The van der Waals surface area contributed by atoms with E-state index in [4.69, 9.17) is 0 Å². The lowest BCUT2D eigenvalue weighted by molar-refractivity contribution is 0.399. The molecule has 3 aromatic heterocycles. The third-order valence-corrected chi connectivity index (χ3v) is 6.02. The van der Waals surface area contributed by atoms with E-state index in [0.717, 1.165) is 30.4 Å². The summed E-state index contributed by atoms with van der Waals surface area (Å²) in [5, 5.41) is 6.47. The largest absolute Gasteiger partial charge is 0.323 e. The van der Waals surface area contributed by atoms with Crippen LogP contribution in [0.4, 0.5) is 20.5 Å². The molecule has 0 aliphatic carbocycles. The van der Waals surface area contributed by atoms with E-state index < -0.39 is 11.6 Å². The van der Waals surface area contributed by atoms with Gasteiger partial charge in [-0.05, 0) is 58.4 Å². The van der Waals surface area contributed by atoms with E-state index in [9.17, 15) is 4.39 Å². The van der Waals surface area contributed by atoms with Gasteiger partial charge in [0.1, 0.15) is 22.9 Å². The Labute approximate surface area is 196 Å². The number of rotatable bonds is 3. The van der Waals surface area contributed by atoms with E-state index in [2.05, 4.69) is 37.5 Å². The van der Waals surface area contributed by atoms with Crippen LogP contribution in [0.15, 0.2) is 30.5 Å². The molecule has 0 saturated heterocycles. The van der Waals surface area contributed by atoms with Crippen LogP contribution in [0.5, 0.6) is 0 Å². The molecule has 9 heteroatoms. The molecule has 0 fully saturated rings. The Morgan fingerprint density at radius 3 is 2.65 bits per heavy atom. The number of nitrogens with zero attached hydrogens (tertiary/aromatic N) is 5. The van der Waals surface area contributed by atoms with Crippen LogP contribution in [-0.2, 0) is 18.5 Å². The fraction of sp³-hybridized carbons (Fsp3) is 0.360. The van der Waals surface area contributed by atoms with Crippen molar-refractivity contribution >= 4 is 22.8 Å². The Kier molecular flexibility index (Phi) is 5.31. The fourth-order valence-corrected chi connectivity index (χ4v) is 4.56. The number of aryl methyl sites for hydroxylation is 1. The fourth-order valence-electron chi connectivity index (χ4n) is 4.56. The molecule has 5 rings (SSSR count). The second-order valence-electron chi connectivity index (χ2n) is 9.79. The molecule has 4 aromatic rings. The van der Waals surface area contributed by atoms with Gasteiger partial charge in [-0.2, -0.15) is 0 Å². The normalized spacial score (nSPS) is 16.0. The summed E-state index contributed by atoms with van der Waals surface area (Å²) >= 11 is 0. The van der Waals surface area contributed by atoms with E-state index in [1.807, 2.05) is 44.4 Å². The second-order valence-corrected chi connectivity index (χ2v) is 9.79. The maximum absolute atomic E-state index is 15.0. The van der Waals surface area contributed by atoms with Gasteiger partial charge >= 0.3 is 0 Å². The summed E-state index contributed by atoms with van der Waals surface area (Å²) in [5.41, 5.74) is 3.00. The Hall–Kier alpha value is -3.46. The van der Waals surface area contributed by atoms with Crippen LogP contribution in [0.3, 0.4) is 0 Å². The van der Waals surface area contributed by atoms with Gasteiger partial charge in [0.05, 0.1) is 11.7 Å². The van der Waals surface area contributed by atoms with Crippen molar-refractivity contribution in [3.63, 3.8) is 0 Å². The molecule has 34 heavy (non-hydrogen) atoms. The van der Waals surface area contributed by atoms with E-state index in [-0.39, 0.29) is 22.7 Å². The first-order chi connectivity index (χ1) is 16.1. The van der Waals surface area contributed by atoms with Gasteiger partial charge in [0.25, 0.3) is 0 Å². The highest BCUT2D eigenvalue weighted by molar-refractivity contribution is 5.83. The Morgan fingerprint density at radius 2 is 1.88 bits per heavy atom. The van der Waals surface area contributed by atoms with Crippen LogP contribution in [0.1, 0.15) is 44.8 Å². The molecule has 7 nitrogen and oxygen atoms in total. The van der Waals surface area contributed by atoms with Gasteiger partial charge in [-0.1, -0.05) is 6.07 Å². The van der Waals surface area contributed by atoms with Crippen molar-refractivity contribution in [2.45, 2.75) is 59.2 Å². The minimum absolute atomic E-state index is 0.00777. The van der Waals surface area contributed by atoms with Gasteiger partial charge in [0.2, 0.25) is 5.95 Å². The lowest BCUT2D eigenvalue weighted by Crippen LogP contribution is -2.33. The standard InChI is InChI=1S/C25H27F2N7/c1-13-8-19-15(11-28-13)6-7-21(31-19)32-24-29-12-18(27)22(33-24)16-9-17(26)23-20(10-16)34(14(2)30-23)25(3,4)5/h6-7,9-10,12-13,28H,8,11H2,1-5H3,(H,29,31,32,33). The summed E-state index contributed by atoms with van der Waals surface area (Å²) in [6, 6.07) is 7.19. The van der Waals surface area contributed by atoms with Crippen LogP contribution < -0.4 is 10.6 Å². The first kappa shape index (κ1) is 22.3. The number of hydrogen-bond donors (Lipinski definition) is 2. The van der Waals surface area contributed by atoms with E-state index in [1.54, 1.807) is 6.07 Å². The SMILES string of the molecule is Cc1nc2c(F)cc(-c3nc(Nc4ccc5c(n4)CC(C)NC5)ncc3F)cc2n1C(C)(C)C. The summed E-state index contributed by atoms with van der Waals surface area (Å²) in [7, 11) is 0. The quantitative estimate of drug-likeness (QED) is 0.445. The molecule has 1 atom stereocenters. The van der Waals surface area contributed by atoms with E-state index >= 15 is 4.39 Å². The number of imidazole rings is 1. The molecule has 1 unspecified atom stereocenters. The van der Waals surface area contributed by atoms with Gasteiger partial charge in [-0.3, -0.25) is 0 Å². The highest BCUT2D eigenvalue weighted by atomic mass is 19.1. The molecule has 0 amide bonds. The second kappa shape index (κ2) is 8.09. The summed E-state index contributed by atoms with van der Waals surface area (Å²) in [6.45, 7) is 10.8. The molecule has 1 aliphatic heterocycles. The molecule has 0 radical (unpaired) electrons. The highest BCUT2D eigenvalue weighted by Gasteiger charge is 2.23. The number of fused-ring (bicyclic) bond motifs is 2. The number of aromatic nitrogens is 5. The molecular formula is C25H27F2N7. The summed E-state index contributed by atoms with van der Waals surface area (Å²) in [6.07, 6.45) is 1.91. The molecule has 0 saturated carbocycles. The number of pyridine rings is 1. The maximum atomic E-state index is 15.0. The van der Waals surface area contributed by atoms with Crippen molar-refractivity contribution in [1.29, 1.82) is 0 Å². The van der Waals surface area contributed by atoms with Crippen molar-refractivity contribution in [1.82, 2.24) is 29.8 Å². The first-order valence-electron chi connectivity index (χ1n) is 11.3. The van der Waals surface area contributed by atoms with Gasteiger partial charge in [0, 0.05) is 35.8 Å². The van der Waals surface area contributed by atoms with Crippen LogP contribution in [0.25, 0.3) is 22.3 Å². The van der Waals surface area contributed by atoms with Crippen LogP contribution in [-0.4, -0.2) is 30.5 Å². The Bertz CT molecular complexity index is 1400. The number of nitrogens with one attached hydrogen (secondary N) is 2. The van der Waals surface area contributed by atoms with Crippen LogP contribution in [0.2, 0.25) is 0 Å². The predicted molar refractivity (Wildman–Crippen MR) is 128 cm³/mol. The lowest BCUT2D eigenvalue weighted by atomic mass is 10.0. The van der Waals surface area contributed by atoms with Gasteiger partial charge in [-0.25, -0.2) is 28.7 Å². The van der Waals surface area contributed by atoms with E-state index in [1.165, 1.54) is 6.07 Å². The topological polar surface area (TPSA) is 80.6 Å². The van der Waals surface area contributed by atoms with Crippen LogP contribution in [0, 0.1) is 18.6 Å². The van der Waals surface area contributed by atoms with Crippen molar-refractivity contribution in [2.24, 2.45) is 0 Å². The van der Waals surface area contributed by atoms with Crippen LogP contribution >= 0.6 is 0 Å². The monoisotopic (exact) mass is 463 g/mol. The average molecular weight is 464 g/mol. The molecule has 1 aliphatic rings. The van der Waals surface area contributed by atoms with Crippen molar-refractivity contribution in [3.05, 3.63) is 59.2 Å². The first-order valence-corrected chi connectivity index (χ1v) is 11.3. The molecule has 1 aromatic carbocycles.